The molecule has 0 spiro atoms. The minimum atomic E-state index is -0.0940. The van der Waals surface area contributed by atoms with Crippen molar-refractivity contribution in [3.05, 3.63) is 23.8 Å². The first-order valence-electron chi connectivity index (χ1n) is 6.67. The molecular weight excluding hydrogens is 278 g/mol. The summed E-state index contributed by atoms with van der Waals surface area (Å²) in [6.07, 6.45) is 1.45. The van der Waals surface area contributed by atoms with Gasteiger partial charge in [-0.3, -0.25) is 4.79 Å². The first-order chi connectivity index (χ1) is 9.62. The van der Waals surface area contributed by atoms with Gasteiger partial charge >= 0.3 is 0 Å². The zero-order valence-corrected chi connectivity index (χ0v) is 13.0. The van der Waals surface area contributed by atoms with Crippen LogP contribution in [0.5, 0.6) is 11.5 Å². The number of methoxy groups -OCH3 is 2. The van der Waals surface area contributed by atoms with E-state index in [0.29, 0.717) is 30.3 Å². The fourth-order valence-electron chi connectivity index (χ4n) is 1.91. The molecule has 0 bridgehead atoms. The molecule has 0 heterocycles. The largest absolute Gasteiger partial charge is 0.493 e. The number of nitrogens with one attached hydrogen (secondary N) is 1. The van der Waals surface area contributed by atoms with Crippen LogP contribution in [0, 0.1) is 5.92 Å². The van der Waals surface area contributed by atoms with Crippen molar-refractivity contribution in [1.29, 1.82) is 0 Å². The number of hydrogen-bond acceptors (Lipinski definition) is 3. The molecule has 5 heteroatoms. The van der Waals surface area contributed by atoms with E-state index in [2.05, 4.69) is 5.32 Å². The maximum atomic E-state index is 11.9. The number of benzene rings is 1. The van der Waals surface area contributed by atoms with E-state index < -0.39 is 0 Å². The third-order valence-corrected chi connectivity index (χ3v) is 3.31. The highest BCUT2D eigenvalue weighted by atomic mass is 35.5. The molecule has 1 amide bonds. The van der Waals surface area contributed by atoms with Crippen LogP contribution in [0.2, 0.25) is 0 Å². The zero-order valence-electron chi connectivity index (χ0n) is 12.2. The van der Waals surface area contributed by atoms with Crippen LogP contribution in [0.4, 0.5) is 0 Å². The van der Waals surface area contributed by atoms with Gasteiger partial charge in [-0.2, -0.15) is 0 Å². The summed E-state index contributed by atoms with van der Waals surface area (Å²) in [6.45, 7) is 2.53. The van der Waals surface area contributed by atoms with Gasteiger partial charge in [-0.15, -0.1) is 11.6 Å². The minimum Gasteiger partial charge on any atom is -0.493 e. The highest BCUT2D eigenvalue weighted by Gasteiger charge is 2.14. The topological polar surface area (TPSA) is 47.6 Å². The Morgan fingerprint density at radius 3 is 2.60 bits per heavy atom. The van der Waals surface area contributed by atoms with E-state index in [9.17, 15) is 4.79 Å². The monoisotopic (exact) mass is 299 g/mol. The first kappa shape index (κ1) is 16.6. The fraction of sp³-hybridized carbons (Fsp3) is 0.533. The van der Waals surface area contributed by atoms with Crippen molar-refractivity contribution in [2.24, 2.45) is 5.92 Å². The van der Waals surface area contributed by atoms with E-state index in [1.807, 2.05) is 25.1 Å². The number of carbonyl (C=O) groups excluding carboxylic acids is 1. The average molecular weight is 300 g/mol. The summed E-state index contributed by atoms with van der Waals surface area (Å²) in [5.74, 6) is 1.88. The minimum absolute atomic E-state index is 0.0462. The Labute approximate surface area is 125 Å². The SMILES string of the molecule is COc1ccc(CC(C)C(=O)NCCCCl)cc1OC. The van der Waals surface area contributed by atoms with Crippen molar-refractivity contribution >= 4 is 17.5 Å². The normalized spacial score (nSPS) is 11.8. The van der Waals surface area contributed by atoms with E-state index in [0.717, 1.165) is 12.0 Å². The first-order valence-corrected chi connectivity index (χ1v) is 7.20. The van der Waals surface area contributed by atoms with Gasteiger partial charge in [-0.1, -0.05) is 13.0 Å². The zero-order chi connectivity index (χ0) is 15.0. The predicted molar refractivity (Wildman–Crippen MR) is 80.8 cm³/mol. The summed E-state index contributed by atoms with van der Waals surface area (Å²) in [4.78, 5) is 11.9. The number of halogens is 1. The van der Waals surface area contributed by atoms with Crippen molar-refractivity contribution in [2.75, 3.05) is 26.6 Å². The maximum Gasteiger partial charge on any atom is 0.223 e. The molecule has 112 valence electrons. The van der Waals surface area contributed by atoms with Gasteiger partial charge in [0.25, 0.3) is 0 Å². The lowest BCUT2D eigenvalue weighted by molar-refractivity contribution is -0.124. The molecule has 0 radical (unpaired) electrons. The van der Waals surface area contributed by atoms with Gasteiger partial charge in [0.15, 0.2) is 11.5 Å². The Morgan fingerprint density at radius 1 is 1.30 bits per heavy atom. The van der Waals surface area contributed by atoms with E-state index in [1.54, 1.807) is 14.2 Å². The lowest BCUT2D eigenvalue weighted by atomic mass is 10.00. The van der Waals surface area contributed by atoms with Gasteiger partial charge < -0.3 is 14.8 Å². The quantitative estimate of drug-likeness (QED) is 0.593. The van der Waals surface area contributed by atoms with E-state index in [4.69, 9.17) is 21.1 Å². The van der Waals surface area contributed by atoms with E-state index >= 15 is 0 Å². The number of amides is 1. The molecule has 1 atom stereocenters. The third-order valence-electron chi connectivity index (χ3n) is 3.05. The molecule has 0 saturated carbocycles. The van der Waals surface area contributed by atoms with Gasteiger partial charge in [-0.25, -0.2) is 0 Å². The Bertz CT molecular complexity index is 437. The van der Waals surface area contributed by atoms with Crippen LogP contribution in [0.15, 0.2) is 18.2 Å². The summed E-state index contributed by atoms with van der Waals surface area (Å²) in [7, 11) is 3.20. The summed E-state index contributed by atoms with van der Waals surface area (Å²) in [5.41, 5.74) is 1.04. The number of rotatable bonds is 8. The molecule has 1 N–H and O–H groups in total. The second-order valence-electron chi connectivity index (χ2n) is 4.63. The smallest absolute Gasteiger partial charge is 0.223 e. The molecular formula is C15H22ClNO3. The second-order valence-corrected chi connectivity index (χ2v) is 5.01. The molecule has 0 saturated heterocycles. The number of carbonyl (C=O) groups is 1. The van der Waals surface area contributed by atoms with Crippen LogP contribution in [0.1, 0.15) is 18.9 Å². The lowest BCUT2D eigenvalue weighted by Crippen LogP contribution is -2.31. The van der Waals surface area contributed by atoms with Crippen LogP contribution in [-0.4, -0.2) is 32.6 Å². The van der Waals surface area contributed by atoms with Gasteiger partial charge in [0, 0.05) is 18.3 Å². The van der Waals surface area contributed by atoms with Crippen molar-refractivity contribution in [2.45, 2.75) is 19.8 Å². The Balaban J connectivity index is 2.61. The molecule has 0 aliphatic heterocycles. The molecule has 1 unspecified atom stereocenters. The van der Waals surface area contributed by atoms with E-state index in [1.165, 1.54) is 0 Å². The van der Waals surface area contributed by atoms with Gasteiger partial charge in [0.05, 0.1) is 14.2 Å². The fourth-order valence-corrected chi connectivity index (χ4v) is 2.04. The molecule has 1 aromatic rings. The van der Waals surface area contributed by atoms with Gasteiger partial charge in [-0.05, 0) is 30.5 Å². The third kappa shape index (κ3) is 4.93. The Kier molecular flexibility index (Phi) is 7.23. The molecule has 0 aromatic heterocycles. The van der Waals surface area contributed by atoms with Crippen LogP contribution in [0.25, 0.3) is 0 Å². The van der Waals surface area contributed by atoms with E-state index in [-0.39, 0.29) is 11.8 Å². The molecule has 1 aromatic carbocycles. The van der Waals surface area contributed by atoms with Crippen molar-refractivity contribution in [1.82, 2.24) is 5.32 Å². The van der Waals surface area contributed by atoms with Crippen LogP contribution < -0.4 is 14.8 Å². The molecule has 0 aliphatic carbocycles. The summed E-state index contributed by atoms with van der Waals surface area (Å²) in [5, 5.41) is 2.88. The second kappa shape index (κ2) is 8.69. The lowest BCUT2D eigenvalue weighted by Gasteiger charge is -2.14. The number of alkyl halides is 1. The van der Waals surface area contributed by atoms with Crippen LogP contribution in [-0.2, 0) is 11.2 Å². The van der Waals surface area contributed by atoms with Gasteiger partial charge in [0.1, 0.15) is 0 Å². The molecule has 0 aliphatic rings. The summed E-state index contributed by atoms with van der Waals surface area (Å²) in [6, 6.07) is 5.71. The van der Waals surface area contributed by atoms with Crippen molar-refractivity contribution in [3.8, 4) is 11.5 Å². The maximum absolute atomic E-state index is 11.9. The number of hydrogen-bond donors (Lipinski definition) is 1. The summed E-state index contributed by atoms with van der Waals surface area (Å²) < 4.78 is 10.5. The van der Waals surface area contributed by atoms with Crippen molar-refractivity contribution in [3.63, 3.8) is 0 Å². The highest BCUT2D eigenvalue weighted by molar-refractivity contribution is 6.17. The van der Waals surface area contributed by atoms with Crippen molar-refractivity contribution < 1.29 is 14.3 Å². The van der Waals surface area contributed by atoms with Gasteiger partial charge in [0.2, 0.25) is 5.91 Å². The molecule has 20 heavy (non-hydrogen) atoms. The Morgan fingerprint density at radius 2 is 2.00 bits per heavy atom. The Hall–Kier alpha value is -1.42. The summed E-state index contributed by atoms with van der Waals surface area (Å²) >= 11 is 5.58. The number of ether oxygens (including phenoxy) is 2. The molecule has 0 fully saturated rings. The highest BCUT2D eigenvalue weighted by Crippen LogP contribution is 2.28. The standard InChI is InChI=1S/C15H22ClNO3/c1-11(15(18)17-8-4-7-16)9-12-5-6-13(19-2)14(10-12)20-3/h5-6,10-11H,4,7-9H2,1-3H3,(H,17,18). The average Bonchev–Trinajstić information content (AvgIpc) is 2.47. The van der Waals surface area contributed by atoms with Crippen LogP contribution in [0.3, 0.4) is 0 Å². The molecule has 4 nitrogen and oxygen atoms in total. The predicted octanol–water partition coefficient (Wildman–Crippen LogP) is 2.63. The molecule has 1 rings (SSSR count). The van der Waals surface area contributed by atoms with Crippen LogP contribution >= 0.6 is 11.6 Å².